The summed E-state index contributed by atoms with van der Waals surface area (Å²) < 4.78 is 0. The molecule has 2 N–H and O–H groups in total. The number of anilines is 1. The predicted molar refractivity (Wildman–Crippen MR) is 103 cm³/mol. The minimum absolute atomic E-state index is 0.115. The fourth-order valence-corrected chi connectivity index (χ4v) is 3.75. The molecule has 5 nitrogen and oxygen atoms in total. The number of amides is 1. The van der Waals surface area contributed by atoms with Gasteiger partial charge in [-0.1, -0.05) is 38.1 Å². The van der Waals surface area contributed by atoms with E-state index in [2.05, 4.69) is 37.4 Å². The molecule has 0 aliphatic heterocycles. The zero-order valence-corrected chi connectivity index (χ0v) is 15.9. The number of nitrogens with zero attached hydrogens (tertiary/aromatic N) is 1. The highest BCUT2D eigenvalue weighted by molar-refractivity contribution is 7.17. The van der Waals surface area contributed by atoms with Gasteiger partial charge in [0.25, 0.3) is 0 Å². The molecular formula is C20H22N2O3S. The van der Waals surface area contributed by atoms with Gasteiger partial charge in [-0.3, -0.25) is 9.59 Å². The highest BCUT2D eigenvalue weighted by atomic mass is 32.1. The van der Waals surface area contributed by atoms with Gasteiger partial charge in [-0.15, -0.1) is 11.3 Å². The lowest BCUT2D eigenvalue weighted by atomic mass is 9.95. The lowest BCUT2D eigenvalue weighted by Crippen LogP contribution is -2.13. The van der Waals surface area contributed by atoms with Crippen LogP contribution in [0.2, 0.25) is 0 Å². The van der Waals surface area contributed by atoms with Crippen molar-refractivity contribution in [2.75, 3.05) is 5.32 Å². The van der Waals surface area contributed by atoms with Crippen LogP contribution >= 0.6 is 11.3 Å². The number of aryl methyl sites for hydroxylation is 1. The number of nitriles is 1. The van der Waals surface area contributed by atoms with Gasteiger partial charge in [0.1, 0.15) is 11.1 Å². The van der Waals surface area contributed by atoms with Gasteiger partial charge in [0, 0.05) is 16.9 Å². The Hall–Kier alpha value is -2.65. The van der Waals surface area contributed by atoms with Crippen molar-refractivity contribution in [3.8, 4) is 17.2 Å². The van der Waals surface area contributed by atoms with Crippen molar-refractivity contribution < 1.29 is 14.7 Å². The number of nitrogens with one attached hydrogen (secondary N) is 1. The van der Waals surface area contributed by atoms with E-state index in [-0.39, 0.29) is 12.8 Å². The number of carbonyl (C=O) groups is 2. The standard InChI is InChI=1S/C20H22N2O3S/c1-4-12(2)14-5-7-15(8-6-14)19-13(3)26-20(16(19)11-21)22-17(23)9-10-18(24)25/h5-8,12H,4,9-10H2,1-3H3,(H,22,23)(H,24,25). The quantitative estimate of drug-likeness (QED) is 0.724. The monoisotopic (exact) mass is 370 g/mol. The zero-order chi connectivity index (χ0) is 19.3. The molecule has 0 fully saturated rings. The number of carboxylic acids is 1. The van der Waals surface area contributed by atoms with Crippen LogP contribution in [0.3, 0.4) is 0 Å². The third kappa shape index (κ3) is 4.50. The van der Waals surface area contributed by atoms with Gasteiger partial charge in [0.05, 0.1) is 12.0 Å². The predicted octanol–water partition coefficient (Wildman–Crippen LogP) is 4.91. The number of aliphatic carboxylic acids is 1. The highest BCUT2D eigenvalue weighted by Crippen LogP contribution is 2.39. The van der Waals surface area contributed by atoms with Crippen LogP contribution in [0.1, 0.15) is 55.0 Å². The molecule has 0 bridgehead atoms. The molecule has 0 saturated heterocycles. The molecule has 0 radical (unpaired) electrons. The van der Waals surface area contributed by atoms with Crippen LogP contribution in [-0.2, 0) is 9.59 Å². The topological polar surface area (TPSA) is 90.2 Å². The molecule has 6 heteroatoms. The number of hydrogen-bond donors (Lipinski definition) is 2. The summed E-state index contributed by atoms with van der Waals surface area (Å²) in [5, 5.41) is 21.4. The molecule has 0 saturated carbocycles. The second-order valence-electron chi connectivity index (χ2n) is 6.22. The second kappa shape index (κ2) is 8.63. The minimum atomic E-state index is -1.02. The van der Waals surface area contributed by atoms with Gasteiger partial charge in [-0.05, 0) is 30.4 Å². The van der Waals surface area contributed by atoms with Gasteiger partial charge in [0.2, 0.25) is 5.91 Å². The molecule has 136 valence electrons. The van der Waals surface area contributed by atoms with Crippen molar-refractivity contribution in [1.82, 2.24) is 0 Å². The van der Waals surface area contributed by atoms with E-state index in [9.17, 15) is 14.9 Å². The van der Waals surface area contributed by atoms with E-state index in [1.165, 1.54) is 16.9 Å². The Bertz CT molecular complexity index is 847. The number of carboxylic acid groups (broad SMARTS) is 1. The normalized spacial score (nSPS) is 11.6. The lowest BCUT2D eigenvalue weighted by Gasteiger charge is -2.10. The van der Waals surface area contributed by atoms with E-state index in [0.717, 1.165) is 22.4 Å². The van der Waals surface area contributed by atoms with Crippen molar-refractivity contribution in [2.24, 2.45) is 0 Å². The van der Waals surface area contributed by atoms with E-state index in [0.29, 0.717) is 16.5 Å². The number of carbonyl (C=O) groups excluding carboxylic acids is 1. The van der Waals surface area contributed by atoms with Gasteiger partial charge >= 0.3 is 5.97 Å². The Morgan fingerprint density at radius 2 is 1.92 bits per heavy atom. The molecule has 1 unspecified atom stereocenters. The van der Waals surface area contributed by atoms with Gasteiger partial charge in [-0.25, -0.2) is 0 Å². The first-order valence-electron chi connectivity index (χ1n) is 8.52. The van der Waals surface area contributed by atoms with Gasteiger partial charge < -0.3 is 10.4 Å². The van der Waals surface area contributed by atoms with Crippen LogP contribution in [0.4, 0.5) is 5.00 Å². The average molecular weight is 370 g/mol. The Balaban J connectivity index is 2.30. The average Bonchev–Trinajstić information content (AvgIpc) is 2.94. The number of rotatable bonds is 7. The molecule has 1 aromatic heterocycles. The smallest absolute Gasteiger partial charge is 0.303 e. The summed E-state index contributed by atoms with van der Waals surface area (Å²) in [4.78, 5) is 23.4. The van der Waals surface area contributed by atoms with E-state index in [1.807, 2.05) is 19.1 Å². The van der Waals surface area contributed by atoms with Crippen LogP contribution in [0.5, 0.6) is 0 Å². The molecule has 0 spiro atoms. The van der Waals surface area contributed by atoms with E-state index in [4.69, 9.17) is 5.11 Å². The van der Waals surface area contributed by atoms with Crippen LogP contribution in [0, 0.1) is 18.3 Å². The number of thiophene rings is 1. The van der Waals surface area contributed by atoms with Crippen LogP contribution in [0.15, 0.2) is 24.3 Å². The van der Waals surface area contributed by atoms with Crippen LogP contribution in [-0.4, -0.2) is 17.0 Å². The van der Waals surface area contributed by atoms with Crippen molar-refractivity contribution in [2.45, 2.75) is 46.0 Å². The molecule has 1 atom stereocenters. The summed E-state index contributed by atoms with van der Waals surface area (Å²) in [6.07, 6.45) is 0.713. The van der Waals surface area contributed by atoms with E-state index in [1.54, 1.807) is 0 Å². The number of hydrogen-bond acceptors (Lipinski definition) is 4. The van der Waals surface area contributed by atoms with Crippen molar-refractivity contribution in [1.29, 1.82) is 5.26 Å². The Kier molecular flexibility index (Phi) is 6.53. The number of benzene rings is 1. The summed E-state index contributed by atoms with van der Waals surface area (Å²) in [6.45, 7) is 6.24. The fourth-order valence-electron chi connectivity index (χ4n) is 2.71. The van der Waals surface area contributed by atoms with E-state index >= 15 is 0 Å². The first-order chi connectivity index (χ1) is 12.4. The molecule has 26 heavy (non-hydrogen) atoms. The molecule has 2 aromatic rings. The summed E-state index contributed by atoms with van der Waals surface area (Å²) in [6, 6.07) is 10.3. The maximum absolute atomic E-state index is 11.9. The lowest BCUT2D eigenvalue weighted by molar-refractivity contribution is -0.138. The van der Waals surface area contributed by atoms with E-state index < -0.39 is 11.9 Å². The van der Waals surface area contributed by atoms with Crippen molar-refractivity contribution in [3.63, 3.8) is 0 Å². The van der Waals surface area contributed by atoms with Gasteiger partial charge in [-0.2, -0.15) is 5.26 Å². The first kappa shape index (κ1) is 19.7. The maximum Gasteiger partial charge on any atom is 0.303 e. The summed E-state index contributed by atoms with van der Waals surface area (Å²) in [5.74, 6) is -0.943. The first-order valence-corrected chi connectivity index (χ1v) is 9.34. The molecule has 2 rings (SSSR count). The molecule has 1 amide bonds. The van der Waals surface area contributed by atoms with Crippen LogP contribution in [0.25, 0.3) is 11.1 Å². The van der Waals surface area contributed by atoms with Crippen molar-refractivity contribution in [3.05, 3.63) is 40.3 Å². The molecule has 0 aliphatic rings. The zero-order valence-electron chi connectivity index (χ0n) is 15.1. The summed E-state index contributed by atoms with van der Waals surface area (Å²) in [5.41, 5.74) is 3.44. The summed E-state index contributed by atoms with van der Waals surface area (Å²) in [7, 11) is 0. The Morgan fingerprint density at radius 1 is 1.27 bits per heavy atom. The second-order valence-corrected chi connectivity index (χ2v) is 7.45. The van der Waals surface area contributed by atoms with Gasteiger partial charge in [0.15, 0.2) is 0 Å². The molecule has 1 aromatic carbocycles. The largest absolute Gasteiger partial charge is 0.481 e. The maximum atomic E-state index is 11.9. The Morgan fingerprint density at radius 3 is 2.46 bits per heavy atom. The molecule has 1 heterocycles. The minimum Gasteiger partial charge on any atom is -0.481 e. The van der Waals surface area contributed by atoms with Crippen molar-refractivity contribution >= 4 is 28.2 Å². The third-order valence-corrected chi connectivity index (χ3v) is 5.42. The Labute approximate surface area is 157 Å². The van der Waals surface area contributed by atoms with Crippen LogP contribution < -0.4 is 5.32 Å². The summed E-state index contributed by atoms with van der Waals surface area (Å²) >= 11 is 1.34. The molecule has 0 aliphatic carbocycles. The highest BCUT2D eigenvalue weighted by Gasteiger charge is 2.19. The molecular weight excluding hydrogens is 348 g/mol. The third-order valence-electron chi connectivity index (χ3n) is 4.40. The SMILES string of the molecule is CCC(C)c1ccc(-c2c(C)sc(NC(=O)CCC(=O)O)c2C#N)cc1. The fraction of sp³-hybridized carbons (Fsp3) is 0.350.